The first-order valence-electron chi connectivity index (χ1n) is 14.0. The largest absolute Gasteiger partial charge is 0.474 e. The molecular weight excluding hydrogens is 543 g/mol. The van der Waals surface area contributed by atoms with Crippen LogP contribution in [0.1, 0.15) is 58.6 Å². The molecular formula is C31H37FN4O6. The fourth-order valence-corrected chi connectivity index (χ4v) is 5.34. The van der Waals surface area contributed by atoms with Crippen molar-refractivity contribution in [3.05, 3.63) is 41.5 Å². The second kappa shape index (κ2) is 10.7. The van der Waals surface area contributed by atoms with E-state index in [0.29, 0.717) is 46.0 Å². The van der Waals surface area contributed by atoms with Crippen LogP contribution in [-0.2, 0) is 9.47 Å². The second-order valence-corrected chi connectivity index (χ2v) is 12.6. The van der Waals surface area contributed by atoms with E-state index in [0.717, 1.165) is 0 Å². The van der Waals surface area contributed by atoms with E-state index in [2.05, 4.69) is 15.3 Å². The van der Waals surface area contributed by atoms with Crippen LogP contribution in [0.2, 0.25) is 0 Å². The number of nitrogens with zero attached hydrogens (tertiary/aromatic N) is 3. The molecule has 0 atom stereocenters. The Hall–Kier alpha value is -3.99. The predicted octanol–water partition coefficient (Wildman–Crippen LogP) is 6.28. The van der Waals surface area contributed by atoms with Crippen molar-refractivity contribution in [1.82, 2.24) is 9.97 Å². The molecule has 1 saturated carbocycles. The highest BCUT2D eigenvalue weighted by Gasteiger charge is 2.41. The summed E-state index contributed by atoms with van der Waals surface area (Å²) >= 11 is 0. The fourth-order valence-electron chi connectivity index (χ4n) is 5.34. The third kappa shape index (κ3) is 5.83. The van der Waals surface area contributed by atoms with Crippen LogP contribution in [0.25, 0.3) is 21.9 Å². The van der Waals surface area contributed by atoms with Crippen molar-refractivity contribution in [2.45, 2.75) is 78.6 Å². The van der Waals surface area contributed by atoms with Gasteiger partial charge in [-0.2, -0.15) is 0 Å². The first kappa shape index (κ1) is 29.5. The summed E-state index contributed by atoms with van der Waals surface area (Å²) in [6.07, 6.45) is 2.79. The van der Waals surface area contributed by atoms with E-state index in [1.165, 1.54) is 17.3 Å². The number of carbonyl (C=O) groups is 2. The number of pyridine rings is 2. The third-order valence-corrected chi connectivity index (χ3v) is 7.80. The number of amides is 2. The van der Waals surface area contributed by atoms with Crippen molar-refractivity contribution in [2.24, 2.45) is 5.92 Å². The first-order valence-corrected chi connectivity index (χ1v) is 14.0. The maximum absolute atomic E-state index is 15.8. The maximum Gasteiger partial charge on any atom is 0.415 e. The zero-order valence-corrected chi connectivity index (χ0v) is 25.0. The number of fused-ring (bicyclic) bond motifs is 2. The summed E-state index contributed by atoms with van der Waals surface area (Å²) in [5.74, 6) is 0.171. The van der Waals surface area contributed by atoms with Gasteiger partial charge in [0.1, 0.15) is 35.6 Å². The predicted molar refractivity (Wildman–Crippen MR) is 156 cm³/mol. The molecule has 2 aliphatic rings. The lowest BCUT2D eigenvalue weighted by Gasteiger charge is -2.41. The molecule has 5 rings (SSSR count). The molecule has 1 fully saturated rings. The normalized spacial score (nSPS) is 18.5. The number of aryl methyl sites for hydroxylation is 1. The van der Waals surface area contributed by atoms with E-state index in [-0.39, 0.29) is 42.4 Å². The van der Waals surface area contributed by atoms with Crippen LogP contribution in [0, 0.1) is 25.6 Å². The first-order chi connectivity index (χ1) is 19.6. The van der Waals surface area contributed by atoms with E-state index < -0.39 is 29.2 Å². The van der Waals surface area contributed by atoms with E-state index in [1.807, 2.05) is 0 Å². The molecule has 1 aromatic carbocycles. The topological polar surface area (TPSA) is 123 Å². The molecule has 1 aliphatic carbocycles. The number of anilines is 2. The Kier molecular flexibility index (Phi) is 7.51. The number of nitrogens with one attached hydrogen (secondary N) is 1. The SMILES string of the molecule is Cc1c(-c2cc3cc(NC(=O)OC4CC(C(C)(C)O)C4)ncc3c(C)c2F)cnc2c1N(C(=O)OC(C)(C)C)CCO2. The standard InChI is InChI=1S/C31H37FN4O6/c1-16-22-14-33-24(35-28(37)41-20-12-19(13-20)31(6,7)39)11-18(22)10-21(25(16)32)23-15-34-27-26(17(23)2)36(8-9-40-27)29(38)42-30(3,4)5/h10-11,14-15,19-20,39H,8-9,12-13H2,1-7H3,(H,33,35,37). The maximum atomic E-state index is 15.8. The molecule has 2 N–H and O–H groups in total. The fraction of sp³-hybridized carbons (Fsp3) is 0.484. The molecule has 0 radical (unpaired) electrons. The Bertz CT molecular complexity index is 1560. The van der Waals surface area contributed by atoms with Crippen LogP contribution in [0.15, 0.2) is 24.5 Å². The molecule has 224 valence electrons. The summed E-state index contributed by atoms with van der Waals surface area (Å²) in [7, 11) is 0. The molecule has 0 unspecified atom stereocenters. The number of hydrogen-bond donors (Lipinski definition) is 2. The summed E-state index contributed by atoms with van der Waals surface area (Å²) in [4.78, 5) is 35.7. The Labute approximate surface area is 244 Å². The van der Waals surface area contributed by atoms with Gasteiger partial charge in [0.25, 0.3) is 0 Å². The molecule has 0 saturated heterocycles. The zero-order chi connectivity index (χ0) is 30.6. The number of halogens is 1. The Balaban J connectivity index is 1.44. The Morgan fingerprint density at radius 3 is 2.45 bits per heavy atom. The molecule has 3 heterocycles. The van der Waals surface area contributed by atoms with E-state index in [9.17, 15) is 14.7 Å². The molecule has 10 nitrogen and oxygen atoms in total. The van der Waals surface area contributed by atoms with Gasteiger partial charge in [0, 0.05) is 28.9 Å². The number of aromatic nitrogens is 2. The minimum absolute atomic E-state index is 0.0784. The Morgan fingerprint density at radius 2 is 1.79 bits per heavy atom. The van der Waals surface area contributed by atoms with Crippen molar-refractivity contribution in [3.63, 3.8) is 0 Å². The summed E-state index contributed by atoms with van der Waals surface area (Å²) < 4.78 is 32.6. The van der Waals surface area contributed by atoms with Gasteiger partial charge in [-0.25, -0.2) is 23.9 Å². The van der Waals surface area contributed by atoms with Gasteiger partial charge in [-0.3, -0.25) is 10.2 Å². The number of benzene rings is 1. The summed E-state index contributed by atoms with van der Waals surface area (Å²) in [6, 6.07) is 3.33. The quantitative estimate of drug-likeness (QED) is 0.369. The lowest BCUT2D eigenvalue weighted by Crippen LogP contribution is -2.45. The van der Waals surface area contributed by atoms with Crippen LogP contribution in [0.3, 0.4) is 0 Å². The highest BCUT2D eigenvalue weighted by atomic mass is 19.1. The van der Waals surface area contributed by atoms with Crippen molar-refractivity contribution in [1.29, 1.82) is 0 Å². The van der Waals surface area contributed by atoms with Gasteiger partial charge >= 0.3 is 12.2 Å². The zero-order valence-electron chi connectivity index (χ0n) is 25.0. The monoisotopic (exact) mass is 580 g/mol. The van der Waals surface area contributed by atoms with Gasteiger partial charge in [-0.05, 0) is 95.9 Å². The van der Waals surface area contributed by atoms with Crippen molar-refractivity contribution < 1.29 is 33.3 Å². The van der Waals surface area contributed by atoms with Gasteiger partial charge in [0.2, 0.25) is 5.88 Å². The highest BCUT2D eigenvalue weighted by Crippen LogP contribution is 2.42. The smallest absolute Gasteiger partial charge is 0.415 e. The van der Waals surface area contributed by atoms with Crippen molar-refractivity contribution in [3.8, 4) is 17.0 Å². The number of aliphatic hydroxyl groups is 1. The Morgan fingerprint density at radius 1 is 1.07 bits per heavy atom. The van der Waals surface area contributed by atoms with Gasteiger partial charge < -0.3 is 19.3 Å². The van der Waals surface area contributed by atoms with E-state index in [4.69, 9.17) is 14.2 Å². The number of hydrogen-bond acceptors (Lipinski definition) is 8. The lowest BCUT2D eigenvalue weighted by atomic mass is 9.72. The highest BCUT2D eigenvalue weighted by molar-refractivity contribution is 5.96. The van der Waals surface area contributed by atoms with Crippen LogP contribution in [0.4, 0.5) is 25.5 Å². The van der Waals surface area contributed by atoms with Gasteiger partial charge in [0.05, 0.1) is 12.1 Å². The molecule has 1 aliphatic heterocycles. The van der Waals surface area contributed by atoms with Crippen molar-refractivity contribution in [2.75, 3.05) is 23.4 Å². The molecule has 3 aromatic rings. The molecule has 0 spiro atoms. The van der Waals surface area contributed by atoms with Crippen LogP contribution in [-0.4, -0.2) is 57.7 Å². The van der Waals surface area contributed by atoms with Crippen LogP contribution >= 0.6 is 0 Å². The van der Waals surface area contributed by atoms with Crippen LogP contribution in [0.5, 0.6) is 5.88 Å². The number of carbonyl (C=O) groups excluding carboxylic acids is 2. The summed E-state index contributed by atoms with van der Waals surface area (Å²) in [6.45, 7) is 12.8. The minimum atomic E-state index is -0.811. The summed E-state index contributed by atoms with van der Waals surface area (Å²) in [5, 5.41) is 14.0. The third-order valence-electron chi connectivity index (χ3n) is 7.80. The molecule has 11 heteroatoms. The average Bonchev–Trinajstić information content (AvgIpc) is 2.86. The van der Waals surface area contributed by atoms with E-state index >= 15 is 4.39 Å². The number of rotatable bonds is 4. The second-order valence-electron chi connectivity index (χ2n) is 12.6. The molecule has 2 amide bonds. The lowest BCUT2D eigenvalue weighted by molar-refractivity contribution is -0.0776. The van der Waals surface area contributed by atoms with Gasteiger partial charge in [-0.15, -0.1) is 0 Å². The average molecular weight is 581 g/mol. The number of ether oxygens (including phenoxy) is 3. The van der Waals surface area contributed by atoms with E-state index in [1.54, 1.807) is 60.6 Å². The van der Waals surface area contributed by atoms with Gasteiger partial charge in [-0.1, -0.05) is 0 Å². The molecule has 42 heavy (non-hydrogen) atoms. The van der Waals surface area contributed by atoms with Gasteiger partial charge in [0.15, 0.2) is 0 Å². The summed E-state index contributed by atoms with van der Waals surface area (Å²) in [5.41, 5.74) is 0.708. The van der Waals surface area contributed by atoms with Crippen LogP contribution < -0.4 is 15.0 Å². The molecule has 0 bridgehead atoms. The molecule has 2 aromatic heterocycles. The van der Waals surface area contributed by atoms with Crippen molar-refractivity contribution >= 4 is 34.5 Å². The minimum Gasteiger partial charge on any atom is -0.474 e.